The molecule has 1 heterocycles. The molecule has 74 valence electrons. The number of aliphatic hydroxyl groups is 1. The first-order valence-electron chi connectivity index (χ1n) is 4.77. The lowest BCUT2D eigenvalue weighted by atomic mass is 10.0. The van der Waals surface area contributed by atoms with Gasteiger partial charge in [-0.25, -0.2) is 4.98 Å². The monoisotopic (exact) mass is 199 g/mol. The number of aliphatic hydroxyl groups excluding tert-OH is 1. The van der Waals surface area contributed by atoms with Gasteiger partial charge in [0.2, 0.25) is 0 Å². The fourth-order valence-electron chi connectivity index (χ4n) is 1.24. The molecule has 0 aliphatic heterocycles. The summed E-state index contributed by atoms with van der Waals surface area (Å²) in [6.07, 6.45) is 4.50. The van der Waals surface area contributed by atoms with Crippen molar-refractivity contribution in [3.63, 3.8) is 0 Å². The van der Waals surface area contributed by atoms with Gasteiger partial charge in [-0.3, -0.25) is 0 Å². The summed E-state index contributed by atoms with van der Waals surface area (Å²) in [5.41, 5.74) is 0. The van der Waals surface area contributed by atoms with Crippen LogP contribution >= 0.6 is 11.3 Å². The second-order valence-corrected chi connectivity index (χ2v) is 4.64. The van der Waals surface area contributed by atoms with Crippen molar-refractivity contribution >= 4 is 11.3 Å². The van der Waals surface area contributed by atoms with Gasteiger partial charge >= 0.3 is 0 Å². The number of nitrogens with zero attached hydrogens (tertiary/aromatic N) is 1. The minimum Gasteiger partial charge on any atom is -0.386 e. The summed E-state index contributed by atoms with van der Waals surface area (Å²) >= 11 is 1.53. The average Bonchev–Trinajstić information content (AvgIpc) is 2.55. The highest BCUT2D eigenvalue weighted by Gasteiger charge is 2.09. The quantitative estimate of drug-likeness (QED) is 0.790. The lowest BCUT2D eigenvalue weighted by Crippen LogP contribution is -1.97. The van der Waals surface area contributed by atoms with E-state index in [-0.39, 0.29) is 6.10 Å². The zero-order chi connectivity index (χ0) is 9.68. The molecule has 0 saturated heterocycles. The highest BCUT2D eigenvalue weighted by molar-refractivity contribution is 7.09. The standard InChI is InChI=1S/C10H17NOS/c1-8(2)4-3-5-9(12)10-11-6-7-13-10/h6-9,12H,3-5H2,1-2H3. The molecule has 0 amide bonds. The topological polar surface area (TPSA) is 33.1 Å². The van der Waals surface area contributed by atoms with Gasteiger partial charge in [0.15, 0.2) is 0 Å². The molecule has 0 radical (unpaired) electrons. The summed E-state index contributed by atoms with van der Waals surface area (Å²) in [5.74, 6) is 0.725. The van der Waals surface area contributed by atoms with E-state index in [2.05, 4.69) is 18.8 Å². The molecule has 1 aromatic heterocycles. The first-order valence-corrected chi connectivity index (χ1v) is 5.65. The third-order valence-corrected chi connectivity index (χ3v) is 2.87. The summed E-state index contributed by atoms with van der Waals surface area (Å²) < 4.78 is 0. The summed E-state index contributed by atoms with van der Waals surface area (Å²) in [5, 5.41) is 12.4. The van der Waals surface area contributed by atoms with Crippen LogP contribution in [-0.4, -0.2) is 10.1 Å². The minimum absolute atomic E-state index is 0.348. The highest BCUT2D eigenvalue weighted by Crippen LogP contribution is 2.21. The normalized spacial score (nSPS) is 13.5. The Bertz CT molecular complexity index is 221. The van der Waals surface area contributed by atoms with Crippen molar-refractivity contribution in [1.29, 1.82) is 0 Å². The molecule has 1 N–H and O–H groups in total. The van der Waals surface area contributed by atoms with Crippen LogP contribution in [-0.2, 0) is 0 Å². The van der Waals surface area contributed by atoms with Crippen LogP contribution in [0, 0.1) is 5.92 Å². The van der Waals surface area contributed by atoms with E-state index in [1.165, 1.54) is 17.8 Å². The van der Waals surface area contributed by atoms with Gasteiger partial charge < -0.3 is 5.11 Å². The minimum atomic E-state index is -0.348. The maximum Gasteiger partial charge on any atom is 0.121 e. The lowest BCUT2D eigenvalue weighted by Gasteiger charge is -2.08. The predicted molar refractivity (Wildman–Crippen MR) is 55.8 cm³/mol. The molecule has 1 unspecified atom stereocenters. The van der Waals surface area contributed by atoms with Crippen LogP contribution in [0.15, 0.2) is 11.6 Å². The number of thiazole rings is 1. The average molecular weight is 199 g/mol. The first-order chi connectivity index (χ1) is 6.20. The van der Waals surface area contributed by atoms with Crippen molar-refractivity contribution in [2.45, 2.75) is 39.2 Å². The Morgan fingerprint density at radius 2 is 2.23 bits per heavy atom. The molecule has 0 fully saturated rings. The van der Waals surface area contributed by atoms with E-state index in [0.29, 0.717) is 0 Å². The Balaban J connectivity index is 2.22. The highest BCUT2D eigenvalue weighted by atomic mass is 32.1. The molecule has 0 aliphatic rings. The molecule has 0 aromatic carbocycles. The largest absolute Gasteiger partial charge is 0.386 e. The fourth-order valence-corrected chi connectivity index (χ4v) is 1.90. The number of rotatable bonds is 5. The first kappa shape index (κ1) is 10.7. The molecule has 1 rings (SSSR count). The zero-order valence-electron chi connectivity index (χ0n) is 8.23. The Morgan fingerprint density at radius 3 is 2.77 bits per heavy atom. The van der Waals surface area contributed by atoms with E-state index in [9.17, 15) is 5.11 Å². The Labute approximate surface area is 83.6 Å². The fraction of sp³-hybridized carbons (Fsp3) is 0.700. The van der Waals surface area contributed by atoms with Crippen LogP contribution in [0.1, 0.15) is 44.2 Å². The lowest BCUT2D eigenvalue weighted by molar-refractivity contribution is 0.161. The third-order valence-electron chi connectivity index (χ3n) is 2.00. The number of hydrogen-bond acceptors (Lipinski definition) is 3. The van der Waals surface area contributed by atoms with Crippen LogP contribution in [0.3, 0.4) is 0 Å². The molecule has 13 heavy (non-hydrogen) atoms. The van der Waals surface area contributed by atoms with Gasteiger partial charge in [0.25, 0.3) is 0 Å². The number of aromatic nitrogens is 1. The van der Waals surface area contributed by atoms with E-state index in [0.717, 1.165) is 23.8 Å². The van der Waals surface area contributed by atoms with Crippen LogP contribution in [0.4, 0.5) is 0 Å². The molecular formula is C10H17NOS. The molecule has 1 aromatic rings. The molecule has 2 nitrogen and oxygen atoms in total. The zero-order valence-corrected chi connectivity index (χ0v) is 9.05. The Morgan fingerprint density at radius 1 is 1.46 bits per heavy atom. The van der Waals surface area contributed by atoms with E-state index in [1.807, 2.05) is 5.38 Å². The molecule has 3 heteroatoms. The second-order valence-electron chi connectivity index (χ2n) is 3.71. The molecule has 0 aliphatic carbocycles. The van der Waals surface area contributed by atoms with Gasteiger partial charge in [-0.2, -0.15) is 0 Å². The van der Waals surface area contributed by atoms with Gasteiger partial charge in [-0.1, -0.05) is 26.7 Å². The molecule has 0 spiro atoms. The van der Waals surface area contributed by atoms with E-state index in [1.54, 1.807) is 6.20 Å². The van der Waals surface area contributed by atoms with Crippen LogP contribution in [0.5, 0.6) is 0 Å². The molecule has 0 saturated carbocycles. The van der Waals surface area contributed by atoms with Crippen molar-refractivity contribution < 1.29 is 5.11 Å². The van der Waals surface area contributed by atoms with Gasteiger partial charge in [-0.15, -0.1) is 11.3 Å². The van der Waals surface area contributed by atoms with Gasteiger partial charge in [-0.05, 0) is 12.3 Å². The van der Waals surface area contributed by atoms with Crippen molar-refractivity contribution in [1.82, 2.24) is 4.98 Å². The SMILES string of the molecule is CC(C)CCCC(O)c1nccs1. The summed E-state index contributed by atoms with van der Waals surface area (Å²) in [6.45, 7) is 4.41. The molecule has 0 bridgehead atoms. The van der Waals surface area contributed by atoms with Gasteiger partial charge in [0.05, 0.1) is 0 Å². The van der Waals surface area contributed by atoms with E-state index < -0.39 is 0 Å². The maximum absolute atomic E-state index is 9.67. The van der Waals surface area contributed by atoms with Crippen molar-refractivity contribution in [3.05, 3.63) is 16.6 Å². The summed E-state index contributed by atoms with van der Waals surface area (Å²) in [7, 11) is 0. The molecular weight excluding hydrogens is 182 g/mol. The van der Waals surface area contributed by atoms with E-state index >= 15 is 0 Å². The van der Waals surface area contributed by atoms with Crippen molar-refractivity contribution in [3.8, 4) is 0 Å². The maximum atomic E-state index is 9.67. The van der Waals surface area contributed by atoms with E-state index in [4.69, 9.17) is 0 Å². The summed E-state index contributed by atoms with van der Waals surface area (Å²) in [4.78, 5) is 4.08. The van der Waals surface area contributed by atoms with Crippen molar-refractivity contribution in [2.75, 3.05) is 0 Å². The smallest absolute Gasteiger partial charge is 0.121 e. The second kappa shape index (κ2) is 5.35. The number of hydrogen-bond donors (Lipinski definition) is 1. The Hall–Kier alpha value is -0.410. The van der Waals surface area contributed by atoms with Crippen LogP contribution < -0.4 is 0 Å². The van der Waals surface area contributed by atoms with Gasteiger partial charge in [0.1, 0.15) is 11.1 Å². The van der Waals surface area contributed by atoms with Crippen LogP contribution in [0.2, 0.25) is 0 Å². The van der Waals surface area contributed by atoms with Crippen LogP contribution in [0.25, 0.3) is 0 Å². The third kappa shape index (κ3) is 3.87. The van der Waals surface area contributed by atoms with Crippen molar-refractivity contribution in [2.24, 2.45) is 5.92 Å². The summed E-state index contributed by atoms with van der Waals surface area (Å²) in [6, 6.07) is 0. The predicted octanol–water partition coefficient (Wildman–Crippen LogP) is 3.00. The molecule has 1 atom stereocenters. The van der Waals surface area contributed by atoms with Gasteiger partial charge in [0, 0.05) is 11.6 Å². The Kier molecular flexibility index (Phi) is 4.39.